The lowest BCUT2D eigenvalue weighted by Crippen LogP contribution is -2.43. The van der Waals surface area contributed by atoms with E-state index < -0.39 is 9.51 Å². The van der Waals surface area contributed by atoms with E-state index >= 15 is 0 Å². The van der Waals surface area contributed by atoms with Crippen molar-refractivity contribution in [2.75, 3.05) is 0 Å². The fourth-order valence-corrected chi connectivity index (χ4v) is 3.46. The Morgan fingerprint density at radius 2 is 1.74 bits per heavy atom. The highest BCUT2D eigenvalue weighted by atomic mass is 127. The maximum absolute atomic E-state index is 11.2. The molecule has 1 atom stereocenters. The molecule has 23 heavy (non-hydrogen) atoms. The molecule has 2 aromatic rings. The van der Waals surface area contributed by atoms with Gasteiger partial charge in [-0.05, 0) is 104 Å². The van der Waals surface area contributed by atoms with Gasteiger partial charge in [-0.15, -0.1) is 0 Å². The molecule has 122 valence electrons. The smallest absolute Gasteiger partial charge is 0.334 e. The Bertz CT molecular complexity index is 732. The van der Waals surface area contributed by atoms with Gasteiger partial charge in [-0.1, -0.05) is 6.07 Å². The first kappa shape index (κ1) is 19.0. The summed E-state index contributed by atoms with van der Waals surface area (Å²) in [5.74, 6) is 0.396. The van der Waals surface area contributed by atoms with Gasteiger partial charge >= 0.3 is 5.97 Å². The molecule has 4 N–H and O–H groups in total. The molecule has 0 radical (unpaired) electrons. The molecule has 0 aliphatic heterocycles. The van der Waals surface area contributed by atoms with Crippen molar-refractivity contribution in [3.8, 4) is 17.2 Å². The van der Waals surface area contributed by atoms with Crippen molar-refractivity contribution in [3.05, 3.63) is 49.1 Å². The number of aromatic hydroxyl groups is 1. The van der Waals surface area contributed by atoms with Gasteiger partial charge in [0.1, 0.15) is 17.2 Å². The van der Waals surface area contributed by atoms with Crippen LogP contribution in [0.1, 0.15) is 5.56 Å². The van der Waals surface area contributed by atoms with Crippen LogP contribution < -0.4 is 10.5 Å². The van der Waals surface area contributed by atoms with Crippen LogP contribution in [0.2, 0.25) is 0 Å². The van der Waals surface area contributed by atoms with Gasteiger partial charge in [0.2, 0.25) is 0 Å². The quantitative estimate of drug-likeness (QED) is 0.258. The Morgan fingerprint density at radius 3 is 2.30 bits per heavy atom. The number of hydrogen-bond acceptors (Lipinski definition) is 4. The van der Waals surface area contributed by atoms with Crippen molar-refractivity contribution in [1.29, 1.82) is 0 Å². The van der Waals surface area contributed by atoms with Crippen LogP contribution in [-0.4, -0.2) is 19.7 Å². The summed E-state index contributed by atoms with van der Waals surface area (Å²) in [6.45, 7) is 0. The van der Waals surface area contributed by atoms with Crippen LogP contribution >= 0.6 is 67.8 Å². The maximum atomic E-state index is 11.2. The predicted octanol–water partition coefficient (Wildman–Crippen LogP) is 4.11. The van der Waals surface area contributed by atoms with Crippen molar-refractivity contribution >= 4 is 73.7 Å². The van der Waals surface area contributed by atoms with Gasteiger partial charge in [0.25, 0.3) is 0 Å². The third kappa shape index (κ3) is 4.82. The number of halogens is 3. The van der Waals surface area contributed by atoms with Crippen LogP contribution in [0.15, 0.2) is 36.4 Å². The molecule has 0 saturated heterocycles. The van der Waals surface area contributed by atoms with Crippen LogP contribution in [0.4, 0.5) is 0 Å². The van der Waals surface area contributed by atoms with Crippen LogP contribution in [0.3, 0.4) is 0 Å². The number of rotatable bonds is 5. The average Bonchev–Trinajstić information content (AvgIpc) is 2.49. The minimum Gasteiger partial charge on any atom is -0.508 e. The molecule has 0 unspecified atom stereocenters. The van der Waals surface area contributed by atoms with E-state index in [1.807, 2.05) is 6.07 Å². The van der Waals surface area contributed by atoms with Gasteiger partial charge in [-0.25, -0.2) is 4.79 Å². The fourth-order valence-electron chi connectivity index (χ4n) is 1.78. The van der Waals surface area contributed by atoms with E-state index in [2.05, 4.69) is 45.2 Å². The summed E-state index contributed by atoms with van der Waals surface area (Å²) in [6, 6.07) is 10.1. The van der Waals surface area contributed by atoms with E-state index in [0.29, 0.717) is 11.5 Å². The first-order chi connectivity index (χ1) is 10.7. The number of phenolic OH excluding ortho intramolecular Hbond substituents is 1. The zero-order chi connectivity index (χ0) is 17.2. The number of benzene rings is 2. The number of ether oxygens (including phenoxy) is 1. The van der Waals surface area contributed by atoms with E-state index in [1.54, 1.807) is 52.9 Å². The second-order valence-corrected chi connectivity index (χ2v) is 8.87. The lowest BCUT2D eigenvalue weighted by atomic mass is 10.1. The highest BCUT2D eigenvalue weighted by Gasteiger charge is 2.31. The van der Waals surface area contributed by atoms with Gasteiger partial charge < -0.3 is 20.7 Å². The van der Waals surface area contributed by atoms with Gasteiger partial charge in [-0.3, -0.25) is 0 Å². The summed E-state index contributed by atoms with van der Waals surface area (Å²) >= 11 is 6.07. The minimum absolute atomic E-state index is 0.173. The van der Waals surface area contributed by atoms with E-state index in [0.717, 1.165) is 12.7 Å². The maximum Gasteiger partial charge on any atom is 0.334 e. The summed E-state index contributed by atoms with van der Waals surface area (Å²) in [5, 5.41) is 18.4. The number of nitrogens with two attached hydrogens (primary N) is 1. The zero-order valence-corrected chi connectivity index (χ0v) is 18.1. The molecule has 0 heterocycles. The standard InChI is InChI=1S/C15H12I3NO4/c16-12-8(7-15(18,19)14(21)22)1-6-11(13(12)17)23-10-4-2-9(20)3-5-10/h1-6,20H,7,19H2,(H,21,22)/t15-/m0/s1. The van der Waals surface area contributed by atoms with Gasteiger partial charge in [-0.2, -0.15) is 0 Å². The normalized spacial score (nSPS) is 13.4. The van der Waals surface area contributed by atoms with Crippen molar-refractivity contribution in [1.82, 2.24) is 0 Å². The summed E-state index contributed by atoms with van der Waals surface area (Å²) in [7, 11) is 0. The molecule has 0 spiro atoms. The molecule has 0 aliphatic rings. The molecule has 0 aromatic heterocycles. The summed E-state index contributed by atoms with van der Waals surface area (Å²) in [6.07, 6.45) is 0.219. The molecule has 8 heteroatoms. The van der Waals surface area contributed by atoms with Gasteiger partial charge in [0.15, 0.2) is 3.55 Å². The summed E-state index contributed by atoms with van der Waals surface area (Å²) in [5.41, 5.74) is 6.67. The number of carboxylic acid groups (broad SMARTS) is 1. The lowest BCUT2D eigenvalue weighted by Gasteiger charge is -2.19. The number of alkyl halides is 1. The molecule has 0 saturated carbocycles. The Hall–Kier alpha value is -0.340. The lowest BCUT2D eigenvalue weighted by molar-refractivity contribution is -0.139. The SMILES string of the molecule is N[C@@](I)(Cc1ccc(Oc2ccc(O)cc2)c(I)c1I)C(=O)O. The zero-order valence-electron chi connectivity index (χ0n) is 11.6. The van der Waals surface area contributed by atoms with Crippen LogP contribution in [0, 0.1) is 7.14 Å². The average molecular weight is 651 g/mol. The van der Waals surface area contributed by atoms with E-state index in [-0.39, 0.29) is 12.2 Å². The molecule has 2 aromatic carbocycles. The third-order valence-electron chi connectivity index (χ3n) is 2.99. The Kier molecular flexibility index (Phi) is 6.35. The predicted molar refractivity (Wildman–Crippen MR) is 112 cm³/mol. The molecule has 0 fully saturated rings. The Morgan fingerprint density at radius 1 is 1.13 bits per heavy atom. The van der Waals surface area contributed by atoms with Crippen molar-refractivity contribution in [3.63, 3.8) is 0 Å². The minimum atomic E-state index is -1.35. The third-order valence-corrected chi connectivity index (χ3v) is 7.17. The fraction of sp³-hybridized carbons (Fsp3) is 0.133. The number of phenols is 1. The summed E-state index contributed by atoms with van der Waals surface area (Å²) in [4.78, 5) is 11.2. The van der Waals surface area contributed by atoms with Gasteiger partial charge in [0.05, 0.1) is 3.57 Å². The van der Waals surface area contributed by atoms with E-state index in [9.17, 15) is 9.90 Å². The number of aliphatic carboxylic acids is 1. The summed E-state index contributed by atoms with van der Waals surface area (Å²) < 4.78 is 6.25. The highest BCUT2D eigenvalue weighted by Crippen LogP contribution is 2.34. The molecule has 0 aliphatic carbocycles. The van der Waals surface area contributed by atoms with Crippen molar-refractivity contribution in [2.24, 2.45) is 5.73 Å². The molecule has 0 amide bonds. The number of carbonyl (C=O) groups is 1. The molecule has 5 nitrogen and oxygen atoms in total. The Balaban J connectivity index is 2.27. The molecular weight excluding hydrogens is 639 g/mol. The largest absolute Gasteiger partial charge is 0.508 e. The number of carboxylic acids is 1. The monoisotopic (exact) mass is 651 g/mol. The first-order valence-corrected chi connectivity index (χ1v) is 9.59. The van der Waals surface area contributed by atoms with Crippen LogP contribution in [0.25, 0.3) is 0 Å². The molecule has 2 rings (SSSR count). The topological polar surface area (TPSA) is 92.8 Å². The first-order valence-electron chi connectivity index (χ1n) is 6.35. The van der Waals surface area contributed by atoms with Crippen molar-refractivity contribution in [2.45, 2.75) is 9.97 Å². The Labute approximate surface area is 174 Å². The van der Waals surface area contributed by atoms with Crippen molar-refractivity contribution < 1.29 is 19.7 Å². The van der Waals surface area contributed by atoms with Crippen LogP contribution in [-0.2, 0) is 11.2 Å². The number of hydrogen-bond donors (Lipinski definition) is 3. The van der Waals surface area contributed by atoms with E-state index in [1.165, 1.54) is 0 Å². The van der Waals surface area contributed by atoms with Gasteiger partial charge in [0, 0.05) is 9.99 Å². The second-order valence-electron chi connectivity index (χ2n) is 4.79. The molecular formula is C15H12I3NO4. The molecule has 0 bridgehead atoms. The second kappa shape index (κ2) is 7.70. The van der Waals surface area contributed by atoms with E-state index in [4.69, 9.17) is 15.6 Å². The van der Waals surface area contributed by atoms with Crippen LogP contribution in [0.5, 0.6) is 17.2 Å². The highest BCUT2D eigenvalue weighted by molar-refractivity contribution is 14.1.